The van der Waals surface area contributed by atoms with Crippen molar-refractivity contribution in [1.82, 2.24) is 0 Å². The van der Waals surface area contributed by atoms with Crippen LogP contribution in [-0.2, 0) is 18.5 Å². The highest BCUT2D eigenvalue weighted by Gasteiger charge is 2.27. The van der Waals surface area contributed by atoms with E-state index in [9.17, 15) is 8.42 Å². The van der Waals surface area contributed by atoms with E-state index in [1.165, 1.54) is 12.8 Å². The summed E-state index contributed by atoms with van der Waals surface area (Å²) in [6.07, 6.45) is 2.66. The van der Waals surface area contributed by atoms with E-state index < -0.39 is 9.05 Å². The molecule has 1 rings (SSSR count). The van der Waals surface area contributed by atoms with Crippen LogP contribution in [0.5, 0.6) is 0 Å². The highest BCUT2D eigenvalue weighted by atomic mass is 35.7. The first-order valence-corrected chi connectivity index (χ1v) is 8.04. The maximum Gasteiger partial charge on any atom is 0.234 e. The van der Waals surface area contributed by atoms with Gasteiger partial charge in [-0.2, -0.15) is 0 Å². The van der Waals surface area contributed by atoms with Gasteiger partial charge in [-0.15, -0.1) is 0 Å². The van der Waals surface area contributed by atoms with E-state index in [0.717, 1.165) is 12.5 Å². The maximum atomic E-state index is 10.5. The Bertz CT molecular complexity index is 287. The minimum absolute atomic E-state index is 0.132. The fourth-order valence-electron chi connectivity index (χ4n) is 1.45. The zero-order valence-corrected chi connectivity index (χ0v) is 11.1. The Labute approximate surface area is 102 Å². The number of ether oxygens (including phenoxy) is 2. The molecule has 0 radical (unpaired) electrons. The highest BCUT2D eigenvalue weighted by molar-refractivity contribution is 8.13. The quantitative estimate of drug-likeness (QED) is 0.472. The second-order valence-corrected chi connectivity index (χ2v) is 7.14. The largest absolute Gasteiger partial charge is 0.379 e. The summed E-state index contributed by atoms with van der Waals surface area (Å²) < 4.78 is 31.6. The maximum absolute atomic E-state index is 10.5. The number of hydrogen-bond donors (Lipinski definition) is 0. The van der Waals surface area contributed by atoms with E-state index in [0.29, 0.717) is 19.1 Å². The molecule has 1 atom stereocenters. The zero-order valence-electron chi connectivity index (χ0n) is 9.52. The Hall–Kier alpha value is 0.160. The van der Waals surface area contributed by atoms with Gasteiger partial charge in [0.15, 0.2) is 0 Å². The van der Waals surface area contributed by atoms with Gasteiger partial charge in [-0.05, 0) is 24.7 Å². The number of hydrogen-bond acceptors (Lipinski definition) is 4. The molecule has 1 saturated carbocycles. The van der Waals surface area contributed by atoms with Crippen LogP contribution in [0.3, 0.4) is 0 Å². The summed E-state index contributed by atoms with van der Waals surface area (Å²) in [4.78, 5) is 0. The molecule has 1 aliphatic rings. The Kier molecular flexibility index (Phi) is 6.03. The summed E-state index contributed by atoms with van der Waals surface area (Å²) in [7, 11) is 1.59. The zero-order chi connectivity index (χ0) is 12.0. The third kappa shape index (κ3) is 7.44. The van der Waals surface area contributed by atoms with E-state index in [2.05, 4.69) is 6.92 Å². The summed E-state index contributed by atoms with van der Waals surface area (Å²) in [5.74, 6) is 1.33. The van der Waals surface area contributed by atoms with Gasteiger partial charge >= 0.3 is 0 Å². The molecule has 0 saturated heterocycles. The van der Waals surface area contributed by atoms with Crippen molar-refractivity contribution in [3.05, 3.63) is 0 Å². The molecule has 1 fully saturated rings. The lowest BCUT2D eigenvalue weighted by Crippen LogP contribution is -2.14. The van der Waals surface area contributed by atoms with Gasteiger partial charge in [0.25, 0.3) is 0 Å². The van der Waals surface area contributed by atoms with Crippen LogP contribution >= 0.6 is 10.7 Å². The van der Waals surface area contributed by atoms with E-state index in [4.69, 9.17) is 20.2 Å². The van der Waals surface area contributed by atoms with Gasteiger partial charge in [0.05, 0.1) is 25.6 Å². The molecule has 0 amide bonds. The minimum Gasteiger partial charge on any atom is -0.379 e. The summed E-state index contributed by atoms with van der Waals surface area (Å²) in [6, 6.07) is 0. The lowest BCUT2D eigenvalue weighted by molar-refractivity contribution is 0.0374. The summed E-state index contributed by atoms with van der Waals surface area (Å²) in [5, 5.41) is 0. The molecular formula is C10H19ClO4S. The minimum atomic E-state index is -3.43. The Morgan fingerprint density at radius 3 is 2.44 bits per heavy atom. The average Bonchev–Trinajstić information content (AvgIpc) is 2.97. The third-order valence-electron chi connectivity index (χ3n) is 2.65. The molecule has 6 heteroatoms. The molecule has 0 bridgehead atoms. The van der Waals surface area contributed by atoms with Crippen LogP contribution in [0, 0.1) is 11.8 Å². The molecule has 0 spiro atoms. The molecule has 0 aromatic carbocycles. The van der Waals surface area contributed by atoms with Crippen molar-refractivity contribution in [3.8, 4) is 0 Å². The number of halogens is 1. The van der Waals surface area contributed by atoms with Crippen LogP contribution in [0.2, 0.25) is 0 Å². The van der Waals surface area contributed by atoms with Crippen LogP contribution in [-0.4, -0.2) is 40.6 Å². The van der Waals surface area contributed by atoms with Crippen LogP contribution < -0.4 is 0 Å². The van der Waals surface area contributed by atoms with E-state index >= 15 is 0 Å². The van der Waals surface area contributed by atoms with Gasteiger partial charge in [-0.1, -0.05) is 6.92 Å². The van der Waals surface area contributed by atoms with E-state index in [1.54, 1.807) is 0 Å². The van der Waals surface area contributed by atoms with Crippen molar-refractivity contribution < 1.29 is 17.9 Å². The molecule has 16 heavy (non-hydrogen) atoms. The van der Waals surface area contributed by atoms with Crippen molar-refractivity contribution in [2.45, 2.75) is 19.8 Å². The van der Waals surface area contributed by atoms with Gasteiger partial charge in [0, 0.05) is 17.3 Å². The summed E-state index contributed by atoms with van der Waals surface area (Å²) in [6.45, 7) is 4.02. The van der Waals surface area contributed by atoms with Crippen LogP contribution in [0.15, 0.2) is 0 Å². The molecule has 1 unspecified atom stereocenters. The van der Waals surface area contributed by atoms with Crippen molar-refractivity contribution in [2.24, 2.45) is 11.8 Å². The van der Waals surface area contributed by atoms with Crippen LogP contribution in [0.25, 0.3) is 0 Å². The van der Waals surface area contributed by atoms with Gasteiger partial charge in [0.1, 0.15) is 0 Å². The van der Waals surface area contributed by atoms with Crippen molar-refractivity contribution in [3.63, 3.8) is 0 Å². The second kappa shape index (κ2) is 6.79. The monoisotopic (exact) mass is 270 g/mol. The molecule has 0 aromatic heterocycles. The predicted molar refractivity (Wildman–Crippen MR) is 63.2 cm³/mol. The fraction of sp³-hybridized carbons (Fsp3) is 1.00. The average molecular weight is 271 g/mol. The Morgan fingerprint density at radius 2 is 1.88 bits per heavy atom. The second-order valence-electron chi connectivity index (χ2n) is 4.24. The highest BCUT2D eigenvalue weighted by Crippen LogP contribution is 2.36. The normalized spacial score (nSPS) is 18.6. The van der Waals surface area contributed by atoms with Gasteiger partial charge in [0.2, 0.25) is 9.05 Å². The summed E-state index contributed by atoms with van der Waals surface area (Å²) >= 11 is 0. The molecule has 0 aliphatic heterocycles. The Balaban J connectivity index is 1.84. The third-order valence-corrected chi connectivity index (χ3v) is 3.77. The summed E-state index contributed by atoms with van der Waals surface area (Å²) in [5.41, 5.74) is 0. The van der Waals surface area contributed by atoms with E-state index in [-0.39, 0.29) is 12.4 Å². The smallest absolute Gasteiger partial charge is 0.234 e. The van der Waals surface area contributed by atoms with E-state index in [1.807, 2.05) is 0 Å². The van der Waals surface area contributed by atoms with Gasteiger partial charge in [-0.3, -0.25) is 0 Å². The first kappa shape index (κ1) is 14.2. The first-order valence-electron chi connectivity index (χ1n) is 5.57. The van der Waals surface area contributed by atoms with Crippen LogP contribution in [0.1, 0.15) is 19.8 Å². The molecule has 0 heterocycles. The molecule has 96 valence electrons. The lowest BCUT2D eigenvalue weighted by Gasteiger charge is -2.10. The molecule has 0 aromatic rings. The van der Waals surface area contributed by atoms with Crippen molar-refractivity contribution >= 4 is 19.7 Å². The molecule has 4 nitrogen and oxygen atoms in total. The topological polar surface area (TPSA) is 52.6 Å². The van der Waals surface area contributed by atoms with Crippen molar-refractivity contribution in [1.29, 1.82) is 0 Å². The molecule has 0 N–H and O–H groups in total. The van der Waals surface area contributed by atoms with Crippen molar-refractivity contribution in [2.75, 3.05) is 32.2 Å². The lowest BCUT2D eigenvalue weighted by atomic mass is 10.1. The fourth-order valence-corrected chi connectivity index (χ4v) is 1.95. The van der Waals surface area contributed by atoms with Crippen LogP contribution in [0.4, 0.5) is 0 Å². The number of rotatable bonds is 9. The molecular weight excluding hydrogens is 252 g/mol. The first-order chi connectivity index (χ1) is 7.49. The standard InChI is InChI=1S/C10H19ClO4S/c1-9(10-2-3-10)8-15-5-4-14-6-7-16(11,12)13/h9-10H,2-8H2,1H3. The SMILES string of the molecule is CC(COCCOCCS(=O)(=O)Cl)C1CC1. The Morgan fingerprint density at radius 1 is 1.25 bits per heavy atom. The molecule has 1 aliphatic carbocycles. The predicted octanol–water partition coefficient (Wildman–Crippen LogP) is 1.63. The van der Waals surface area contributed by atoms with Gasteiger partial charge in [-0.25, -0.2) is 8.42 Å². The van der Waals surface area contributed by atoms with Gasteiger partial charge < -0.3 is 9.47 Å².